The first-order chi connectivity index (χ1) is 9.58. The molecule has 1 aromatic rings. The van der Waals surface area contributed by atoms with Gasteiger partial charge in [0.25, 0.3) is 5.69 Å². The number of nitrogens with one attached hydrogen (secondary N) is 1. The number of non-ortho nitro benzene ring substituents is 1. The van der Waals surface area contributed by atoms with E-state index in [1.54, 1.807) is 0 Å². The maximum atomic E-state index is 12.3. The van der Waals surface area contributed by atoms with Crippen molar-refractivity contribution in [1.82, 2.24) is 5.32 Å². The number of carbonyl (C=O) groups is 2. The molecule has 0 saturated carbocycles. The lowest BCUT2D eigenvalue weighted by molar-refractivity contribution is -0.384. The van der Waals surface area contributed by atoms with Gasteiger partial charge in [-0.2, -0.15) is 0 Å². The van der Waals surface area contributed by atoms with Crippen molar-refractivity contribution < 1.29 is 19.2 Å². The fourth-order valence-electron chi connectivity index (χ4n) is 2.42. The number of hydrogen-bond acceptors (Lipinski definition) is 5. The number of carbonyl (C=O) groups excluding carboxylic acids is 2. The molecule has 0 aromatic heterocycles. The summed E-state index contributed by atoms with van der Waals surface area (Å²) in [6.45, 7) is 0.556. The molecule has 2 fully saturated rings. The topological polar surface area (TPSA) is 102 Å². The summed E-state index contributed by atoms with van der Waals surface area (Å²) in [5.74, 6) is -0.830. The van der Waals surface area contributed by atoms with E-state index in [4.69, 9.17) is 4.74 Å². The minimum atomic E-state index is -0.581. The summed E-state index contributed by atoms with van der Waals surface area (Å²) < 4.78 is 5.19. The average Bonchev–Trinajstić information content (AvgIpc) is 2.87. The maximum absolute atomic E-state index is 12.3. The van der Waals surface area contributed by atoms with Crippen LogP contribution in [-0.4, -0.2) is 36.1 Å². The SMILES string of the molecule is O=C1NC2COCC2C(=O)N1c1cccc([N+](=O)[O-])c1. The number of urea groups is 1. The van der Waals surface area contributed by atoms with Gasteiger partial charge < -0.3 is 10.1 Å². The molecule has 3 rings (SSSR count). The van der Waals surface area contributed by atoms with Crippen molar-refractivity contribution in [2.24, 2.45) is 5.92 Å². The van der Waals surface area contributed by atoms with Gasteiger partial charge in [-0.1, -0.05) is 6.07 Å². The number of rotatable bonds is 2. The second-order valence-electron chi connectivity index (χ2n) is 4.65. The molecule has 0 radical (unpaired) electrons. The predicted octanol–water partition coefficient (Wildman–Crippen LogP) is 0.666. The van der Waals surface area contributed by atoms with Gasteiger partial charge in [-0.15, -0.1) is 0 Å². The molecule has 3 amide bonds. The van der Waals surface area contributed by atoms with Crippen molar-refractivity contribution in [2.75, 3.05) is 18.1 Å². The van der Waals surface area contributed by atoms with Gasteiger partial charge in [0.15, 0.2) is 0 Å². The van der Waals surface area contributed by atoms with Crippen LogP contribution < -0.4 is 10.2 Å². The largest absolute Gasteiger partial charge is 0.378 e. The molecule has 8 heteroatoms. The first-order valence-corrected chi connectivity index (χ1v) is 6.04. The second kappa shape index (κ2) is 4.57. The Balaban J connectivity index is 1.96. The Bertz CT molecular complexity index is 603. The van der Waals surface area contributed by atoms with Crippen molar-refractivity contribution in [3.63, 3.8) is 0 Å². The molecule has 2 heterocycles. The third-order valence-corrected chi connectivity index (χ3v) is 3.43. The number of nitro groups is 1. The van der Waals surface area contributed by atoms with Crippen LogP contribution >= 0.6 is 0 Å². The Hall–Kier alpha value is -2.48. The quantitative estimate of drug-likeness (QED) is 0.632. The Morgan fingerprint density at radius 3 is 2.90 bits per heavy atom. The smallest absolute Gasteiger partial charge is 0.329 e. The highest BCUT2D eigenvalue weighted by Gasteiger charge is 2.45. The van der Waals surface area contributed by atoms with Crippen LogP contribution in [0.4, 0.5) is 16.2 Å². The highest BCUT2D eigenvalue weighted by molar-refractivity contribution is 6.17. The van der Waals surface area contributed by atoms with Crippen LogP contribution in [0.15, 0.2) is 24.3 Å². The number of imide groups is 1. The van der Waals surface area contributed by atoms with Crippen molar-refractivity contribution in [1.29, 1.82) is 0 Å². The summed E-state index contributed by atoms with van der Waals surface area (Å²) in [6.07, 6.45) is 0. The Kier molecular flexibility index (Phi) is 2.87. The normalized spacial score (nSPS) is 25.3. The molecular formula is C12H11N3O5. The van der Waals surface area contributed by atoms with E-state index >= 15 is 0 Å². The van der Waals surface area contributed by atoms with Gasteiger partial charge in [0.1, 0.15) is 0 Å². The Morgan fingerprint density at radius 2 is 2.15 bits per heavy atom. The molecule has 0 bridgehead atoms. The molecule has 0 spiro atoms. The summed E-state index contributed by atoms with van der Waals surface area (Å²) in [5.41, 5.74) is 0.0138. The van der Waals surface area contributed by atoms with Gasteiger partial charge in [0.2, 0.25) is 5.91 Å². The zero-order valence-corrected chi connectivity index (χ0v) is 10.3. The number of benzene rings is 1. The molecule has 8 nitrogen and oxygen atoms in total. The van der Waals surface area contributed by atoms with Crippen LogP contribution in [0, 0.1) is 16.0 Å². The van der Waals surface area contributed by atoms with Gasteiger partial charge >= 0.3 is 6.03 Å². The minimum absolute atomic E-state index is 0.173. The van der Waals surface area contributed by atoms with Gasteiger partial charge in [0, 0.05) is 12.1 Å². The van der Waals surface area contributed by atoms with E-state index in [1.165, 1.54) is 24.3 Å². The lowest BCUT2D eigenvalue weighted by Gasteiger charge is -2.32. The average molecular weight is 277 g/mol. The van der Waals surface area contributed by atoms with E-state index in [0.717, 1.165) is 4.90 Å². The number of fused-ring (bicyclic) bond motifs is 1. The van der Waals surface area contributed by atoms with E-state index in [0.29, 0.717) is 6.61 Å². The van der Waals surface area contributed by atoms with Gasteiger partial charge in [-0.05, 0) is 6.07 Å². The predicted molar refractivity (Wildman–Crippen MR) is 67.2 cm³/mol. The summed E-state index contributed by atoms with van der Waals surface area (Å²) in [6, 6.07) is 4.53. The van der Waals surface area contributed by atoms with Crippen LogP contribution in [0.1, 0.15) is 0 Å². The molecule has 0 aliphatic carbocycles. The minimum Gasteiger partial charge on any atom is -0.378 e. The lowest BCUT2D eigenvalue weighted by atomic mass is 9.99. The fraction of sp³-hybridized carbons (Fsp3) is 0.333. The molecular weight excluding hydrogens is 266 g/mol. The summed E-state index contributed by atoms with van der Waals surface area (Å²) >= 11 is 0. The number of nitrogens with zero attached hydrogens (tertiary/aromatic N) is 2. The van der Waals surface area contributed by atoms with E-state index in [9.17, 15) is 19.7 Å². The van der Waals surface area contributed by atoms with Crippen molar-refractivity contribution in [3.8, 4) is 0 Å². The zero-order chi connectivity index (χ0) is 14.3. The van der Waals surface area contributed by atoms with Crippen LogP contribution in [0.3, 0.4) is 0 Å². The van der Waals surface area contributed by atoms with E-state index in [1.807, 2.05) is 0 Å². The number of anilines is 1. The number of amides is 3. The van der Waals surface area contributed by atoms with Gasteiger partial charge in [0.05, 0.1) is 35.8 Å². The third-order valence-electron chi connectivity index (χ3n) is 3.43. The van der Waals surface area contributed by atoms with Crippen LogP contribution in [0.25, 0.3) is 0 Å². The molecule has 1 aromatic carbocycles. The van der Waals surface area contributed by atoms with E-state index in [2.05, 4.69) is 5.32 Å². The lowest BCUT2D eigenvalue weighted by Crippen LogP contribution is -2.60. The summed E-state index contributed by atoms with van der Waals surface area (Å²) in [7, 11) is 0. The molecule has 20 heavy (non-hydrogen) atoms. The molecule has 2 aliphatic rings. The molecule has 2 saturated heterocycles. The van der Waals surface area contributed by atoms with Gasteiger partial charge in [-0.3, -0.25) is 14.9 Å². The number of ether oxygens (including phenoxy) is 1. The second-order valence-corrected chi connectivity index (χ2v) is 4.65. The van der Waals surface area contributed by atoms with Gasteiger partial charge in [-0.25, -0.2) is 9.69 Å². The number of hydrogen-bond donors (Lipinski definition) is 1. The van der Waals surface area contributed by atoms with E-state index in [-0.39, 0.29) is 24.0 Å². The zero-order valence-electron chi connectivity index (χ0n) is 10.3. The van der Waals surface area contributed by atoms with E-state index < -0.39 is 22.8 Å². The molecule has 2 aliphatic heterocycles. The van der Waals surface area contributed by atoms with Crippen LogP contribution in [0.2, 0.25) is 0 Å². The first kappa shape index (κ1) is 12.5. The Morgan fingerprint density at radius 1 is 1.35 bits per heavy atom. The summed E-state index contributed by atoms with van der Waals surface area (Å²) in [5, 5.41) is 13.4. The van der Waals surface area contributed by atoms with Crippen LogP contribution in [-0.2, 0) is 9.53 Å². The molecule has 2 unspecified atom stereocenters. The molecule has 1 N–H and O–H groups in total. The highest BCUT2D eigenvalue weighted by Crippen LogP contribution is 2.28. The van der Waals surface area contributed by atoms with Crippen molar-refractivity contribution in [2.45, 2.75) is 6.04 Å². The van der Waals surface area contributed by atoms with Crippen LogP contribution in [0.5, 0.6) is 0 Å². The fourth-order valence-corrected chi connectivity index (χ4v) is 2.42. The number of nitro benzene ring substituents is 1. The molecule has 104 valence electrons. The summed E-state index contributed by atoms with van der Waals surface area (Å²) in [4.78, 5) is 35.4. The first-order valence-electron chi connectivity index (χ1n) is 6.04. The standard InChI is InChI=1S/C12H11N3O5/c16-11-9-5-20-6-10(9)13-12(17)14(11)7-2-1-3-8(4-7)15(18)19/h1-4,9-10H,5-6H2,(H,13,17). The van der Waals surface area contributed by atoms with Crippen molar-refractivity contribution in [3.05, 3.63) is 34.4 Å². The highest BCUT2D eigenvalue weighted by atomic mass is 16.6. The Labute approximate surface area is 113 Å². The van der Waals surface area contributed by atoms with Crippen molar-refractivity contribution >= 4 is 23.3 Å². The maximum Gasteiger partial charge on any atom is 0.329 e. The third kappa shape index (κ3) is 1.90. The monoisotopic (exact) mass is 277 g/mol. The molecule has 2 atom stereocenters.